The van der Waals surface area contributed by atoms with Crippen molar-refractivity contribution in [3.05, 3.63) is 52.5 Å². The van der Waals surface area contributed by atoms with Crippen LogP contribution in [0.25, 0.3) is 0 Å². The van der Waals surface area contributed by atoms with E-state index in [2.05, 4.69) is 20.7 Å². The van der Waals surface area contributed by atoms with Crippen molar-refractivity contribution < 1.29 is 17.9 Å². The molecule has 2 aromatic carbocycles. The predicted molar refractivity (Wildman–Crippen MR) is 103 cm³/mol. The standard InChI is InChI=1S/C18H19BrN2O4S/c1-25-17-8-7-15(12-16(17)18(22)21-9-2-3-10-21)26(23,24)20-14-6-4-5-13(19)11-14/h4-8,11-12,20H,2-3,9-10H2,1H3. The summed E-state index contributed by atoms with van der Waals surface area (Å²) in [5, 5.41) is 0. The molecule has 0 saturated carbocycles. The van der Waals surface area contributed by atoms with Gasteiger partial charge in [0, 0.05) is 23.2 Å². The second-order valence-electron chi connectivity index (χ2n) is 5.98. The summed E-state index contributed by atoms with van der Waals surface area (Å²) >= 11 is 3.31. The lowest BCUT2D eigenvalue weighted by molar-refractivity contribution is 0.0789. The summed E-state index contributed by atoms with van der Waals surface area (Å²) in [6.07, 6.45) is 1.91. The fourth-order valence-corrected chi connectivity index (χ4v) is 4.35. The Balaban J connectivity index is 1.94. The number of hydrogen-bond donors (Lipinski definition) is 1. The molecule has 1 saturated heterocycles. The molecule has 138 valence electrons. The molecule has 3 rings (SSSR count). The first kappa shape index (κ1) is 18.7. The number of benzene rings is 2. The number of nitrogens with zero attached hydrogens (tertiary/aromatic N) is 1. The van der Waals surface area contributed by atoms with Gasteiger partial charge in [-0.25, -0.2) is 8.42 Å². The van der Waals surface area contributed by atoms with Crippen molar-refractivity contribution in [3.8, 4) is 5.75 Å². The van der Waals surface area contributed by atoms with Crippen LogP contribution in [-0.2, 0) is 10.0 Å². The van der Waals surface area contributed by atoms with Crippen LogP contribution in [0, 0.1) is 0 Å². The lowest BCUT2D eigenvalue weighted by Gasteiger charge is -2.18. The summed E-state index contributed by atoms with van der Waals surface area (Å²) in [6.45, 7) is 1.35. The third kappa shape index (κ3) is 4.02. The Morgan fingerprint density at radius 1 is 1.15 bits per heavy atom. The first-order chi connectivity index (χ1) is 12.4. The molecule has 1 heterocycles. The van der Waals surface area contributed by atoms with E-state index in [1.165, 1.54) is 25.3 Å². The van der Waals surface area contributed by atoms with Gasteiger partial charge in [-0.1, -0.05) is 22.0 Å². The van der Waals surface area contributed by atoms with Crippen molar-refractivity contribution >= 4 is 37.5 Å². The molecular weight excluding hydrogens is 420 g/mol. The quantitative estimate of drug-likeness (QED) is 0.774. The minimum Gasteiger partial charge on any atom is -0.496 e. The molecule has 1 fully saturated rings. The number of ether oxygens (including phenoxy) is 1. The van der Waals surface area contributed by atoms with Crippen molar-refractivity contribution in [2.75, 3.05) is 24.9 Å². The normalized spacial score (nSPS) is 14.3. The van der Waals surface area contributed by atoms with E-state index in [0.29, 0.717) is 24.5 Å². The van der Waals surface area contributed by atoms with Gasteiger partial charge in [0.25, 0.3) is 15.9 Å². The number of rotatable bonds is 5. The number of sulfonamides is 1. The SMILES string of the molecule is COc1ccc(S(=O)(=O)Nc2cccc(Br)c2)cc1C(=O)N1CCCC1. The van der Waals surface area contributed by atoms with Crippen molar-refractivity contribution in [2.45, 2.75) is 17.7 Å². The fraction of sp³-hybridized carbons (Fsp3) is 0.278. The van der Waals surface area contributed by atoms with Crippen LogP contribution in [0.5, 0.6) is 5.75 Å². The van der Waals surface area contributed by atoms with Crippen LogP contribution in [-0.4, -0.2) is 39.4 Å². The Morgan fingerprint density at radius 2 is 1.88 bits per heavy atom. The Labute approximate surface area is 161 Å². The summed E-state index contributed by atoms with van der Waals surface area (Å²) in [5.74, 6) is 0.155. The number of carbonyl (C=O) groups excluding carboxylic acids is 1. The topological polar surface area (TPSA) is 75.7 Å². The number of halogens is 1. The van der Waals surface area contributed by atoms with E-state index in [1.54, 1.807) is 29.2 Å². The van der Waals surface area contributed by atoms with Crippen LogP contribution < -0.4 is 9.46 Å². The van der Waals surface area contributed by atoms with Crippen LogP contribution in [0.15, 0.2) is 51.8 Å². The maximum absolute atomic E-state index is 12.7. The minimum absolute atomic E-state index is 0.0147. The van der Waals surface area contributed by atoms with E-state index in [9.17, 15) is 13.2 Å². The molecule has 8 heteroatoms. The van der Waals surface area contributed by atoms with Gasteiger partial charge in [0.2, 0.25) is 0 Å². The Bertz CT molecular complexity index is 925. The molecule has 1 N–H and O–H groups in total. The summed E-state index contributed by atoms with van der Waals surface area (Å²) in [6, 6.07) is 11.2. The molecule has 6 nitrogen and oxygen atoms in total. The molecule has 0 spiro atoms. The van der Waals surface area contributed by atoms with E-state index < -0.39 is 10.0 Å². The van der Waals surface area contributed by atoms with E-state index in [0.717, 1.165) is 17.3 Å². The van der Waals surface area contributed by atoms with E-state index >= 15 is 0 Å². The second-order valence-corrected chi connectivity index (χ2v) is 8.58. The summed E-state index contributed by atoms with van der Waals surface area (Å²) < 4.78 is 34.0. The number of likely N-dealkylation sites (tertiary alicyclic amines) is 1. The molecule has 0 atom stereocenters. The van der Waals surface area contributed by atoms with E-state index in [4.69, 9.17) is 4.74 Å². The average molecular weight is 439 g/mol. The highest BCUT2D eigenvalue weighted by Crippen LogP contribution is 2.27. The highest BCUT2D eigenvalue weighted by molar-refractivity contribution is 9.10. The molecule has 2 aromatic rings. The molecule has 0 aromatic heterocycles. The van der Waals surface area contributed by atoms with E-state index in [-0.39, 0.29) is 16.4 Å². The second kappa shape index (κ2) is 7.67. The molecular formula is C18H19BrN2O4S. The van der Waals surface area contributed by atoms with Crippen molar-refractivity contribution in [1.82, 2.24) is 4.90 Å². The molecule has 0 aliphatic carbocycles. The van der Waals surface area contributed by atoms with Gasteiger partial charge in [0.05, 0.1) is 17.6 Å². The molecule has 1 aliphatic heterocycles. The van der Waals surface area contributed by atoms with Crippen LogP contribution in [0.3, 0.4) is 0 Å². The van der Waals surface area contributed by atoms with Gasteiger partial charge in [0.1, 0.15) is 5.75 Å². The third-order valence-electron chi connectivity index (χ3n) is 4.18. The maximum Gasteiger partial charge on any atom is 0.261 e. The number of anilines is 1. The van der Waals surface area contributed by atoms with Gasteiger partial charge in [-0.05, 0) is 49.2 Å². The fourth-order valence-electron chi connectivity index (χ4n) is 2.88. The van der Waals surface area contributed by atoms with Crippen LogP contribution >= 0.6 is 15.9 Å². The highest BCUT2D eigenvalue weighted by Gasteiger charge is 2.25. The zero-order chi connectivity index (χ0) is 18.7. The molecule has 0 unspecified atom stereocenters. The smallest absolute Gasteiger partial charge is 0.261 e. The molecule has 0 radical (unpaired) electrons. The largest absolute Gasteiger partial charge is 0.496 e. The van der Waals surface area contributed by atoms with Crippen LogP contribution in [0.2, 0.25) is 0 Å². The Hall–Kier alpha value is -2.06. The molecule has 1 amide bonds. The summed E-state index contributed by atoms with van der Waals surface area (Å²) in [7, 11) is -2.37. The van der Waals surface area contributed by atoms with Gasteiger partial charge in [-0.2, -0.15) is 0 Å². The zero-order valence-corrected chi connectivity index (χ0v) is 16.6. The Kier molecular flexibility index (Phi) is 5.52. The summed E-state index contributed by atoms with van der Waals surface area (Å²) in [5.41, 5.74) is 0.689. The van der Waals surface area contributed by atoms with Crippen LogP contribution in [0.4, 0.5) is 5.69 Å². The predicted octanol–water partition coefficient (Wildman–Crippen LogP) is 3.49. The first-order valence-electron chi connectivity index (χ1n) is 8.16. The summed E-state index contributed by atoms with van der Waals surface area (Å²) in [4.78, 5) is 14.5. The number of nitrogens with one attached hydrogen (secondary N) is 1. The molecule has 1 aliphatic rings. The minimum atomic E-state index is -3.83. The number of methoxy groups -OCH3 is 1. The van der Waals surface area contributed by atoms with Gasteiger partial charge in [0.15, 0.2) is 0 Å². The van der Waals surface area contributed by atoms with Gasteiger partial charge in [-0.3, -0.25) is 9.52 Å². The maximum atomic E-state index is 12.7. The van der Waals surface area contributed by atoms with Crippen molar-refractivity contribution in [1.29, 1.82) is 0 Å². The van der Waals surface area contributed by atoms with Crippen LogP contribution in [0.1, 0.15) is 23.2 Å². The van der Waals surface area contributed by atoms with E-state index in [1.807, 2.05) is 0 Å². The van der Waals surface area contributed by atoms with Gasteiger partial charge in [-0.15, -0.1) is 0 Å². The van der Waals surface area contributed by atoms with Crippen molar-refractivity contribution in [2.24, 2.45) is 0 Å². The van der Waals surface area contributed by atoms with Gasteiger partial charge >= 0.3 is 0 Å². The molecule has 26 heavy (non-hydrogen) atoms. The van der Waals surface area contributed by atoms with Gasteiger partial charge < -0.3 is 9.64 Å². The molecule has 0 bridgehead atoms. The lowest BCUT2D eigenvalue weighted by atomic mass is 10.1. The highest BCUT2D eigenvalue weighted by atomic mass is 79.9. The van der Waals surface area contributed by atoms with Crippen molar-refractivity contribution in [3.63, 3.8) is 0 Å². The average Bonchev–Trinajstić information content (AvgIpc) is 3.14. The first-order valence-corrected chi connectivity index (χ1v) is 10.4. The monoisotopic (exact) mass is 438 g/mol. The lowest BCUT2D eigenvalue weighted by Crippen LogP contribution is -2.28. The number of carbonyl (C=O) groups is 1. The number of amides is 1. The Morgan fingerprint density at radius 3 is 2.54 bits per heavy atom. The zero-order valence-electron chi connectivity index (χ0n) is 14.2. The third-order valence-corrected chi connectivity index (χ3v) is 6.05. The number of hydrogen-bond acceptors (Lipinski definition) is 4.